The highest BCUT2D eigenvalue weighted by Crippen LogP contribution is 2.14. The zero-order valence-corrected chi connectivity index (χ0v) is 26.4. The highest BCUT2D eigenvalue weighted by Gasteiger charge is 2.33. The molecule has 0 aliphatic rings. The molecule has 19 nitrogen and oxygen atoms in total. The molecule has 13 N–H and O–H groups in total. The van der Waals surface area contributed by atoms with Crippen molar-refractivity contribution < 1.29 is 63.9 Å². The van der Waals surface area contributed by atoms with Gasteiger partial charge in [-0.15, -0.1) is 0 Å². The molecular formula is C31H38N6O13. The summed E-state index contributed by atoms with van der Waals surface area (Å²) in [4.78, 5) is 98.8. The number of carbonyl (C=O) groups excluding carboxylic acids is 5. The third-order valence-electron chi connectivity index (χ3n) is 7.05. The summed E-state index contributed by atoms with van der Waals surface area (Å²) in [6.07, 6.45) is -3.43. The molecule has 270 valence electrons. The number of aliphatic carboxylic acids is 3. The Hall–Kier alpha value is -6.24. The van der Waals surface area contributed by atoms with Crippen LogP contribution in [0.4, 0.5) is 0 Å². The molecular weight excluding hydrogens is 664 g/mol. The molecule has 0 radical (unpaired) electrons. The first-order valence-corrected chi connectivity index (χ1v) is 14.9. The van der Waals surface area contributed by atoms with Gasteiger partial charge >= 0.3 is 17.9 Å². The molecule has 0 fully saturated rings. The van der Waals surface area contributed by atoms with Crippen LogP contribution in [-0.4, -0.2) is 103 Å². The fourth-order valence-corrected chi connectivity index (χ4v) is 4.47. The van der Waals surface area contributed by atoms with Gasteiger partial charge in [-0.1, -0.05) is 24.3 Å². The fourth-order valence-electron chi connectivity index (χ4n) is 4.47. The van der Waals surface area contributed by atoms with Crippen LogP contribution in [0.15, 0.2) is 48.5 Å². The van der Waals surface area contributed by atoms with E-state index in [4.69, 9.17) is 11.5 Å². The van der Waals surface area contributed by atoms with Crippen molar-refractivity contribution in [2.24, 2.45) is 11.5 Å². The maximum Gasteiger partial charge on any atom is 0.326 e. The molecule has 19 heteroatoms. The van der Waals surface area contributed by atoms with E-state index in [1.807, 2.05) is 0 Å². The van der Waals surface area contributed by atoms with Gasteiger partial charge in [0.15, 0.2) is 0 Å². The van der Waals surface area contributed by atoms with Gasteiger partial charge in [0.2, 0.25) is 29.5 Å². The number of benzene rings is 2. The van der Waals surface area contributed by atoms with E-state index < -0.39 is 103 Å². The summed E-state index contributed by atoms with van der Waals surface area (Å²) in [5.74, 6) is -10.1. The molecule has 0 aliphatic heterocycles. The van der Waals surface area contributed by atoms with Crippen molar-refractivity contribution in [3.05, 3.63) is 59.7 Å². The monoisotopic (exact) mass is 702 g/mol. The highest BCUT2D eigenvalue weighted by atomic mass is 16.4. The van der Waals surface area contributed by atoms with Crippen LogP contribution < -0.4 is 32.7 Å². The molecule has 2 aromatic carbocycles. The molecule has 50 heavy (non-hydrogen) atoms. The van der Waals surface area contributed by atoms with Gasteiger partial charge in [-0.3, -0.25) is 33.6 Å². The van der Waals surface area contributed by atoms with E-state index in [1.165, 1.54) is 48.5 Å². The Bertz CT molecular complexity index is 1570. The number of primary amides is 1. The summed E-state index contributed by atoms with van der Waals surface area (Å²) < 4.78 is 0. The zero-order valence-electron chi connectivity index (χ0n) is 26.4. The first-order valence-electron chi connectivity index (χ1n) is 14.9. The maximum atomic E-state index is 13.4. The van der Waals surface area contributed by atoms with Gasteiger partial charge < -0.3 is 58.3 Å². The van der Waals surface area contributed by atoms with Gasteiger partial charge in [0.1, 0.15) is 35.7 Å². The Labute approximate surface area is 284 Å². The van der Waals surface area contributed by atoms with E-state index in [9.17, 15) is 63.9 Å². The molecule has 2 aromatic rings. The lowest BCUT2D eigenvalue weighted by Gasteiger charge is -2.26. The molecule has 0 spiro atoms. The first kappa shape index (κ1) is 39.9. The van der Waals surface area contributed by atoms with E-state index in [1.54, 1.807) is 0 Å². The second-order valence-electron chi connectivity index (χ2n) is 11.1. The number of carbonyl (C=O) groups is 8. The van der Waals surface area contributed by atoms with Gasteiger partial charge in [-0.25, -0.2) is 4.79 Å². The van der Waals surface area contributed by atoms with Crippen LogP contribution in [0.2, 0.25) is 0 Å². The van der Waals surface area contributed by atoms with Gasteiger partial charge in [0.25, 0.3) is 0 Å². The van der Waals surface area contributed by atoms with E-state index in [-0.39, 0.29) is 24.3 Å². The molecule has 5 amide bonds. The van der Waals surface area contributed by atoms with E-state index in [0.717, 1.165) is 0 Å². The lowest BCUT2D eigenvalue weighted by Crippen LogP contribution is -2.59. The van der Waals surface area contributed by atoms with Gasteiger partial charge in [0, 0.05) is 19.3 Å². The number of carboxylic acids is 3. The van der Waals surface area contributed by atoms with Crippen molar-refractivity contribution in [3.63, 3.8) is 0 Å². The normalized spacial score (nSPS) is 13.7. The average molecular weight is 703 g/mol. The first-order chi connectivity index (χ1) is 23.4. The summed E-state index contributed by atoms with van der Waals surface area (Å²) in [5.41, 5.74) is 11.6. The van der Waals surface area contributed by atoms with E-state index in [0.29, 0.717) is 11.1 Å². The second kappa shape index (κ2) is 18.9. The Morgan fingerprint density at radius 1 is 0.560 bits per heavy atom. The molecule has 5 atom stereocenters. The summed E-state index contributed by atoms with van der Waals surface area (Å²) in [6.45, 7) is 0. The molecule has 0 saturated carbocycles. The Kier molecular flexibility index (Phi) is 15.1. The largest absolute Gasteiger partial charge is 0.508 e. The molecule has 0 unspecified atom stereocenters. The number of carboxylic acid groups (broad SMARTS) is 3. The fraction of sp³-hybridized carbons (Fsp3) is 0.355. The van der Waals surface area contributed by atoms with E-state index >= 15 is 0 Å². The number of nitrogens with two attached hydrogens (primary N) is 2. The van der Waals surface area contributed by atoms with Crippen LogP contribution in [0.3, 0.4) is 0 Å². The van der Waals surface area contributed by atoms with Gasteiger partial charge in [-0.05, 0) is 41.8 Å². The van der Waals surface area contributed by atoms with Crippen molar-refractivity contribution in [3.8, 4) is 11.5 Å². The van der Waals surface area contributed by atoms with Crippen molar-refractivity contribution in [2.45, 2.75) is 68.7 Å². The van der Waals surface area contributed by atoms with Crippen molar-refractivity contribution in [1.29, 1.82) is 0 Å². The summed E-state index contributed by atoms with van der Waals surface area (Å²) >= 11 is 0. The Morgan fingerprint density at radius 2 is 0.980 bits per heavy atom. The SMILES string of the molecule is NC(=O)C[C@H](N)C(=O)N[C@@H](Cc1ccc(O)cc1)C(=O)N[C@@H](CC(=O)O)C(=O)N[C@@H](CCC(=O)O)C(=O)N[C@@H](Cc1ccc(O)cc1)C(=O)O. The number of hydrogen-bond acceptors (Lipinski definition) is 11. The predicted octanol–water partition coefficient (Wildman–Crippen LogP) is -2.55. The number of phenolic OH excluding ortho intramolecular Hbond substituents is 2. The quantitative estimate of drug-likeness (QED) is 0.0677. The highest BCUT2D eigenvalue weighted by molar-refractivity contribution is 5.97. The number of nitrogens with one attached hydrogen (secondary N) is 4. The molecule has 0 saturated heterocycles. The average Bonchev–Trinajstić information content (AvgIpc) is 3.03. The van der Waals surface area contributed by atoms with Crippen molar-refractivity contribution in [1.82, 2.24) is 21.3 Å². The third-order valence-corrected chi connectivity index (χ3v) is 7.05. The number of amides is 5. The van der Waals surface area contributed by atoms with E-state index in [2.05, 4.69) is 21.3 Å². The third kappa shape index (κ3) is 13.9. The van der Waals surface area contributed by atoms with Crippen molar-refractivity contribution in [2.75, 3.05) is 0 Å². The second-order valence-corrected chi connectivity index (χ2v) is 11.1. The van der Waals surface area contributed by atoms with Gasteiger partial charge in [-0.2, -0.15) is 0 Å². The van der Waals surface area contributed by atoms with Crippen LogP contribution in [-0.2, 0) is 51.2 Å². The molecule has 0 aliphatic carbocycles. The van der Waals surface area contributed by atoms with Crippen LogP contribution in [0.5, 0.6) is 11.5 Å². The minimum absolute atomic E-state index is 0.0928. The molecule has 0 heterocycles. The summed E-state index contributed by atoms with van der Waals surface area (Å²) in [5, 5.41) is 56.3. The minimum Gasteiger partial charge on any atom is -0.508 e. The number of phenols is 2. The smallest absolute Gasteiger partial charge is 0.326 e. The van der Waals surface area contributed by atoms with Crippen molar-refractivity contribution >= 4 is 47.4 Å². The predicted molar refractivity (Wildman–Crippen MR) is 170 cm³/mol. The number of aromatic hydroxyl groups is 2. The standard InChI is InChI=1S/C31H38N6O13/c32-19(13-24(33)40)27(45)35-21(11-15-1-5-17(38)6-2-15)29(47)36-22(14-26(43)44)30(48)34-20(9-10-25(41)42)28(46)37-23(31(49)50)12-16-3-7-18(39)8-4-16/h1-8,19-23,38-39H,9-14,32H2,(H2,33,40)(H,34,48)(H,35,45)(H,36,47)(H,37,46)(H,41,42)(H,43,44)(H,49,50)/t19-,20-,21-,22-,23-/m0/s1. The van der Waals surface area contributed by atoms with Crippen LogP contribution in [0, 0.1) is 0 Å². The molecule has 0 aromatic heterocycles. The number of rotatable bonds is 20. The lowest BCUT2D eigenvalue weighted by molar-refractivity contribution is -0.143. The number of hydrogen-bond donors (Lipinski definition) is 11. The minimum atomic E-state index is -1.91. The maximum absolute atomic E-state index is 13.4. The summed E-state index contributed by atoms with van der Waals surface area (Å²) in [6, 6.07) is 2.57. The van der Waals surface area contributed by atoms with Gasteiger partial charge in [0.05, 0.1) is 18.9 Å². The zero-order chi connectivity index (χ0) is 37.5. The van der Waals surface area contributed by atoms with Crippen LogP contribution >= 0.6 is 0 Å². The Balaban J connectivity index is 2.31. The summed E-state index contributed by atoms with van der Waals surface area (Å²) in [7, 11) is 0. The van der Waals surface area contributed by atoms with Crippen LogP contribution in [0.1, 0.15) is 36.8 Å². The lowest BCUT2D eigenvalue weighted by atomic mass is 10.0. The van der Waals surface area contributed by atoms with Crippen LogP contribution in [0.25, 0.3) is 0 Å². The Morgan fingerprint density at radius 3 is 1.44 bits per heavy atom. The molecule has 2 rings (SSSR count). The topological polar surface area (TPSA) is 338 Å². The molecule has 0 bridgehead atoms.